The van der Waals surface area contributed by atoms with Gasteiger partial charge in [0.15, 0.2) is 0 Å². The van der Waals surface area contributed by atoms with E-state index in [-0.39, 0.29) is 12.5 Å². The van der Waals surface area contributed by atoms with E-state index >= 15 is 0 Å². The highest BCUT2D eigenvalue weighted by Crippen LogP contribution is 2.23. The van der Waals surface area contributed by atoms with Crippen LogP contribution in [0.2, 0.25) is 0 Å². The van der Waals surface area contributed by atoms with Crippen LogP contribution in [0.3, 0.4) is 0 Å². The first-order chi connectivity index (χ1) is 9.56. The van der Waals surface area contributed by atoms with Gasteiger partial charge in [-0.15, -0.1) is 5.10 Å². The second-order valence-corrected chi connectivity index (χ2v) is 4.62. The van der Waals surface area contributed by atoms with Crippen molar-refractivity contribution in [2.24, 2.45) is 0 Å². The zero-order chi connectivity index (χ0) is 14.5. The molecule has 1 heterocycles. The van der Waals surface area contributed by atoms with Crippen LogP contribution in [-0.4, -0.2) is 32.3 Å². The van der Waals surface area contributed by atoms with Crippen LogP contribution >= 0.6 is 0 Å². The Kier molecular flexibility index (Phi) is 4.29. The van der Waals surface area contributed by atoms with Crippen LogP contribution in [0.25, 0.3) is 0 Å². The Morgan fingerprint density at radius 3 is 2.55 bits per heavy atom. The van der Waals surface area contributed by atoms with Crippen molar-refractivity contribution in [1.29, 1.82) is 0 Å². The largest absolute Gasteiger partial charge is 0.550 e. The zero-order valence-corrected chi connectivity index (χ0v) is 11.3. The van der Waals surface area contributed by atoms with E-state index in [0.717, 1.165) is 11.3 Å². The molecule has 0 bridgehead atoms. The Morgan fingerprint density at radius 2 is 2.05 bits per heavy atom. The summed E-state index contributed by atoms with van der Waals surface area (Å²) in [6.07, 6.45) is 1.26. The normalized spacial score (nSPS) is 12.3. The number of nitrogens with zero attached hydrogens (tertiary/aromatic N) is 4. The molecule has 106 valence electrons. The van der Waals surface area contributed by atoms with Gasteiger partial charge in [-0.2, -0.15) is 0 Å². The summed E-state index contributed by atoms with van der Waals surface area (Å²) in [7, 11) is 0. The maximum atomic E-state index is 10.9. The summed E-state index contributed by atoms with van der Waals surface area (Å²) in [5.41, 5.74) is 0.776. The molecule has 0 spiro atoms. The van der Waals surface area contributed by atoms with Crippen molar-refractivity contribution < 1.29 is 14.6 Å². The molecule has 7 nitrogen and oxygen atoms in total. The topological polar surface area (TPSA) is 93.0 Å². The number of aromatic nitrogens is 4. The minimum absolute atomic E-state index is 0.0828. The van der Waals surface area contributed by atoms with Crippen LogP contribution in [-0.2, 0) is 4.79 Å². The SMILES string of the molecule is CC(C)Oc1ccc([C@H](CC(=O)[O-])n2cnnn2)cc1. The van der Waals surface area contributed by atoms with Gasteiger partial charge in [0.1, 0.15) is 12.1 Å². The number of carbonyl (C=O) groups excluding carboxylic acids is 1. The third-order valence-electron chi connectivity index (χ3n) is 2.68. The number of benzene rings is 1. The van der Waals surface area contributed by atoms with Crippen molar-refractivity contribution in [3.8, 4) is 5.75 Å². The highest BCUT2D eigenvalue weighted by Gasteiger charge is 2.15. The molecule has 0 saturated heterocycles. The monoisotopic (exact) mass is 275 g/mol. The smallest absolute Gasteiger partial charge is 0.138 e. The first-order valence-electron chi connectivity index (χ1n) is 6.25. The van der Waals surface area contributed by atoms with Gasteiger partial charge in [0.2, 0.25) is 0 Å². The first-order valence-corrected chi connectivity index (χ1v) is 6.25. The van der Waals surface area contributed by atoms with Gasteiger partial charge in [-0.25, -0.2) is 4.68 Å². The summed E-state index contributed by atoms with van der Waals surface area (Å²) >= 11 is 0. The van der Waals surface area contributed by atoms with Crippen molar-refractivity contribution in [3.05, 3.63) is 36.2 Å². The molecule has 0 unspecified atom stereocenters. The Balaban J connectivity index is 2.23. The van der Waals surface area contributed by atoms with E-state index < -0.39 is 12.0 Å². The summed E-state index contributed by atoms with van der Waals surface area (Å²) in [5.74, 6) is -0.430. The summed E-state index contributed by atoms with van der Waals surface area (Å²) in [6.45, 7) is 3.88. The van der Waals surface area contributed by atoms with Gasteiger partial charge in [0.25, 0.3) is 0 Å². The fourth-order valence-corrected chi connectivity index (χ4v) is 1.87. The van der Waals surface area contributed by atoms with Gasteiger partial charge < -0.3 is 14.6 Å². The number of carboxylic acids is 1. The average molecular weight is 275 g/mol. The summed E-state index contributed by atoms with van der Waals surface area (Å²) in [6, 6.07) is 6.69. The quantitative estimate of drug-likeness (QED) is 0.747. The lowest BCUT2D eigenvalue weighted by molar-refractivity contribution is -0.306. The Morgan fingerprint density at radius 1 is 1.35 bits per heavy atom. The number of aliphatic carboxylic acids is 1. The number of tetrazole rings is 1. The second kappa shape index (κ2) is 6.14. The molecule has 1 aromatic carbocycles. The molecule has 7 heteroatoms. The Bertz CT molecular complexity index is 552. The third kappa shape index (κ3) is 3.53. The van der Waals surface area contributed by atoms with Crippen molar-refractivity contribution in [2.75, 3.05) is 0 Å². The second-order valence-electron chi connectivity index (χ2n) is 4.62. The zero-order valence-electron chi connectivity index (χ0n) is 11.3. The summed E-state index contributed by atoms with van der Waals surface area (Å²) < 4.78 is 6.94. The number of hydrogen-bond acceptors (Lipinski definition) is 6. The minimum Gasteiger partial charge on any atom is -0.550 e. The maximum absolute atomic E-state index is 10.9. The summed E-state index contributed by atoms with van der Waals surface area (Å²) in [5, 5.41) is 21.7. The maximum Gasteiger partial charge on any atom is 0.138 e. The molecule has 0 fully saturated rings. The van der Waals surface area contributed by atoms with Crippen LogP contribution < -0.4 is 9.84 Å². The van der Waals surface area contributed by atoms with Crippen LogP contribution in [0.1, 0.15) is 31.9 Å². The van der Waals surface area contributed by atoms with E-state index in [9.17, 15) is 9.90 Å². The highest BCUT2D eigenvalue weighted by atomic mass is 16.5. The van der Waals surface area contributed by atoms with Gasteiger partial charge in [-0.05, 0) is 42.0 Å². The van der Waals surface area contributed by atoms with E-state index in [1.54, 1.807) is 24.3 Å². The van der Waals surface area contributed by atoms with Crippen LogP contribution in [0, 0.1) is 0 Å². The molecule has 20 heavy (non-hydrogen) atoms. The van der Waals surface area contributed by atoms with Crippen molar-refractivity contribution in [1.82, 2.24) is 20.2 Å². The van der Waals surface area contributed by atoms with E-state index in [4.69, 9.17) is 4.74 Å². The van der Waals surface area contributed by atoms with Gasteiger partial charge in [0.05, 0.1) is 12.1 Å². The molecular weight excluding hydrogens is 260 g/mol. The van der Waals surface area contributed by atoms with Crippen LogP contribution in [0.4, 0.5) is 0 Å². The Labute approximate surface area is 116 Å². The minimum atomic E-state index is -1.16. The number of rotatable bonds is 6. The van der Waals surface area contributed by atoms with Gasteiger partial charge >= 0.3 is 0 Å². The molecule has 0 saturated carbocycles. The molecule has 2 aromatic rings. The van der Waals surface area contributed by atoms with E-state index in [1.807, 2.05) is 13.8 Å². The van der Waals surface area contributed by atoms with E-state index in [1.165, 1.54) is 11.0 Å². The fourth-order valence-electron chi connectivity index (χ4n) is 1.87. The predicted octanol–water partition coefficient (Wildman–Crippen LogP) is 0.190. The molecule has 0 aliphatic rings. The standard InChI is InChI=1S/C13H16N4O3/c1-9(2)20-11-5-3-10(4-6-11)12(7-13(18)19)17-8-14-15-16-17/h3-6,8-9,12H,7H2,1-2H3,(H,18,19)/p-1/t12-/m0/s1. The average Bonchev–Trinajstić information content (AvgIpc) is 2.90. The predicted molar refractivity (Wildman–Crippen MR) is 67.8 cm³/mol. The number of carboxylic acid groups (broad SMARTS) is 1. The molecule has 0 N–H and O–H groups in total. The van der Waals surface area contributed by atoms with Crippen LogP contribution in [0.15, 0.2) is 30.6 Å². The summed E-state index contributed by atoms with van der Waals surface area (Å²) in [4.78, 5) is 10.9. The molecular formula is C13H15N4O3-. The lowest BCUT2D eigenvalue weighted by atomic mass is 10.0. The van der Waals surface area contributed by atoms with E-state index in [2.05, 4.69) is 15.5 Å². The van der Waals surface area contributed by atoms with Gasteiger partial charge in [-0.3, -0.25) is 0 Å². The van der Waals surface area contributed by atoms with Crippen LogP contribution in [0.5, 0.6) is 5.75 Å². The molecule has 1 aromatic heterocycles. The Hall–Kier alpha value is -2.44. The number of carbonyl (C=O) groups is 1. The van der Waals surface area contributed by atoms with Crippen molar-refractivity contribution in [2.45, 2.75) is 32.4 Å². The van der Waals surface area contributed by atoms with Crippen molar-refractivity contribution >= 4 is 5.97 Å². The number of hydrogen-bond donors (Lipinski definition) is 0. The number of ether oxygens (including phenoxy) is 1. The lowest BCUT2D eigenvalue weighted by Gasteiger charge is -2.18. The third-order valence-corrected chi connectivity index (χ3v) is 2.68. The van der Waals surface area contributed by atoms with Crippen molar-refractivity contribution in [3.63, 3.8) is 0 Å². The molecule has 2 rings (SSSR count). The molecule has 1 atom stereocenters. The lowest BCUT2D eigenvalue weighted by Crippen LogP contribution is -2.27. The van der Waals surface area contributed by atoms with Gasteiger partial charge in [-0.1, -0.05) is 12.1 Å². The van der Waals surface area contributed by atoms with Gasteiger partial charge in [0, 0.05) is 12.4 Å². The van der Waals surface area contributed by atoms with E-state index in [0.29, 0.717) is 0 Å². The first kappa shape index (κ1) is 14.0. The highest BCUT2D eigenvalue weighted by molar-refractivity contribution is 5.65. The molecule has 0 amide bonds. The molecule has 0 radical (unpaired) electrons. The molecule has 0 aliphatic carbocycles. The fraction of sp³-hybridized carbons (Fsp3) is 0.385. The molecule has 0 aliphatic heterocycles.